The monoisotopic (exact) mass is 300 g/mol. The summed E-state index contributed by atoms with van der Waals surface area (Å²) in [7, 11) is 3.28. The van der Waals surface area contributed by atoms with Crippen molar-refractivity contribution in [2.45, 2.75) is 0 Å². The number of nitrogens with zero attached hydrogens (tertiary/aromatic N) is 3. The zero-order valence-corrected chi connectivity index (χ0v) is 11.1. The molecule has 0 radical (unpaired) electrons. The number of nitrogens with one attached hydrogen (secondary N) is 1. The lowest BCUT2D eigenvalue weighted by molar-refractivity contribution is 0.379. The molecule has 0 amide bonds. The quantitative estimate of drug-likeness (QED) is 0.943. The molecule has 0 saturated heterocycles. The van der Waals surface area contributed by atoms with Gasteiger partial charge in [0.1, 0.15) is 0 Å². The second kappa shape index (κ2) is 4.75. The van der Waals surface area contributed by atoms with Crippen molar-refractivity contribution in [3.63, 3.8) is 0 Å². The smallest absolute Gasteiger partial charge is 0.321 e. The van der Waals surface area contributed by atoms with Crippen molar-refractivity contribution in [3.8, 4) is 17.4 Å². The van der Waals surface area contributed by atoms with Crippen LogP contribution in [-0.4, -0.2) is 29.1 Å². The summed E-state index contributed by atoms with van der Waals surface area (Å²) in [5.74, 6) is 1.07. The van der Waals surface area contributed by atoms with Crippen molar-refractivity contribution in [1.29, 1.82) is 0 Å². The number of rotatable bonds is 3. The number of hydrogen-bond acceptors (Lipinski definition) is 6. The largest absolute Gasteiger partial charge is 0.467 e. The Morgan fingerprint density at radius 2 is 2.12 bits per heavy atom. The molecule has 0 aliphatic carbocycles. The summed E-state index contributed by atoms with van der Waals surface area (Å²) < 4.78 is 5.99. The molecule has 0 atom stereocenters. The maximum atomic E-state index is 5.02. The molecule has 2 aromatic rings. The lowest BCUT2D eigenvalue weighted by Crippen LogP contribution is -2.02. The van der Waals surface area contributed by atoms with E-state index >= 15 is 0 Å². The Morgan fingerprint density at radius 3 is 2.69 bits per heavy atom. The Bertz CT molecular complexity index is 480. The second-order valence-electron chi connectivity index (χ2n) is 2.85. The highest BCUT2D eigenvalue weighted by molar-refractivity contribution is 9.10. The third kappa shape index (κ3) is 2.14. The van der Waals surface area contributed by atoms with Crippen LogP contribution in [0.1, 0.15) is 0 Å². The molecule has 0 aliphatic heterocycles. The fourth-order valence-electron chi connectivity index (χ4n) is 1.12. The highest BCUT2D eigenvalue weighted by Gasteiger charge is 2.11. The van der Waals surface area contributed by atoms with Gasteiger partial charge in [-0.05, 0) is 15.9 Å². The molecule has 16 heavy (non-hydrogen) atoms. The summed E-state index contributed by atoms with van der Waals surface area (Å²) in [4.78, 5) is 12.5. The minimum absolute atomic E-state index is 0.299. The lowest BCUT2D eigenvalue weighted by Gasteiger charge is -2.04. The Labute approximate surface area is 105 Å². The summed E-state index contributed by atoms with van der Waals surface area (Å²) in [6, 6.07) is 0.299. The average Bonchev–Trinajstić information content (AvgIpc) is 2.74. The van der Waals surface area contributed by atoms with Crippen LogP contribution >= 0.6 is 27.3 Å². The van der Waals surface area contributed by atoms with Gasteiger partial charge in [-0.2, -0.15) is 26.3 Å². The number of thiophene rings is 1. The Balaban J connectivity index is 2.52. The third-order valence-electron chi connectivity index (χ3n) is 1.88. The first-order valence-electron chi connectivity index (χ1n) is 4.44. The van der Waals surface area contributed by atoms with Crippen LogP contribution in [0.3, 0.4) is 0 Å². The van der Waals surface area contributed by atoms with Gasteiger partial charge in [-0.3, -0.25) is 0 Å². The van der Waals surface area contributed by atoms with Crippen molar-refractivity contribution in [2.75, 3.05) is 19.5 Å². The topological polar surface area (TPSA) is 59.9 Å². The van der Waals surface area contributed by atoms with Crippen molar-refractivity contribution >= 4 is 33.2 Å². The van der Waals surface area contributed by atoms with Gasteiger partial charge >= 0.3 is 6.01 Å². The van der Waals surface area contributed by atoms with E-state index < -0.39 is 0 Å². The van der Waals surface area contributed by atoms with Gasteiger partial charge in [0.05, 0.1) is 7.11 Å². The van der Waals surface area contributed by atoms with E-state index in [2.05, 4.69) is 36.2 Å². The van der Waals surface area contributed by atoms with Crippen LogP contribution in [0.15, 0.2) is 15.2 Å². The number of ether oxygens (including phenoxy) is 1. The molecular formula is C9H9BrN4OS. The molecule has 2 aromatic heterocycles. The normalized spacial score (nSPS) is 10.2. The fourth-order valence-corrected chi connectivity index (χ4v) is 2.57. The van der Waals surface area contributed by atoms with Crippen LogP contribution in [0.4, 0.5) is 5.95 Å². The Kier molecular flexibility index (Phi) is 3.35. The van der Waals surface area contributed by atoms with Gasteiger partial charge in [-0.15, -0.1) is 0 Å². The molecule has 2 heterocycles. The molecule has 0 fully saturated rings. The van der Waals surface area contributed by atoms with Gasteiger partial charge in [0.2, 0.25) is 5.95 Å². The maximum absolute atomic E-state index is 5.02. The predicted molar refractivity (Wildman–Crippen MR) is 66.9 cm³/mol. The van der Waals surface area contributed by atoms with Crippen LogP contribution in [0.5, 0.6) is 6.01 Å². The molecule has 5 nitrogen and oxygen atoms in total. The average molecular weight is 301 g/mol. The zero-order chi connectivity index (χ0) is 11.5. The Morgan fingerprint density at radius 1 is 1.31 bits per heavy atom. The summed E-state index contributed by atoms with van der Waals surface area (Å²) in [5, 5.41) is 6.82. The van der Waals surface area contributed by atoms with E-state index in [0.29, 0.717) is 17.8 Å². The minimum atomic E-state index is 0.299. The first kappa shape index (κ1) is 11.3. The van der Waals surface area contributed by atoms with Gasteiger partial charge in [0.25, 0.3) is 0 Å². The van der Waals surface area contributed by atoms with Gasteiger partial charge in [-0.25, -0.2) is 0 Å². The summed E-state index contributed by atoms with van der Waals surface area (Å²) in [6.45, 7) is 0. The fraction of sp³-hybridized carbons (Fsp3) is 0.222. The van der Waals surface area contributed by atoms with Gasteiger partial charge in [0.15, 0.2) is 5.82 Å². The van der Waals surface area contributed by atoms with Crippen molar-refractivity contribution in [1.82, 2.24) is 15.0 Å². The van der Waals surface area contributed by atoms with Crippen LogP contribution < -0.4 is 10.1 Å². The molecule has 7 heteroatoms. The van der Waals surface area contributed by atoms with E-state index in [9.17, 15) is 0 Å². The molecule has 84 valence electrons. The van der Waals surface area contributed by atoms with Crippen LogP contribution in [0, 0.1) is 0 Å². The molecule has 1 N–H and O–H groups in total. The second-order valence-corrected chi connectivity index (χ2v) is 4.45. The van der Waals surface area contributed by atoms with Crippen LogP contribution in [-0.2, 0) is 0 Å². The van der Waals surface area contributed by atoms with Crippen molar-refractivity contribution < 1.29 is 4.74 Å². The molecule has 2 rings (SSSR count). The number of halogens is 1. The van der Waals surface area contributed by atoms with Crippen molar-refractivity contribution in [3.05, 3.63) is 15.2 Å². The van der Waals surface area contributed by atoms with Gasteiger partial charge < -0.3 is 10.1 Å². The number of methoxy groups -OCH3 is 1. The first-order valence-corrected chi connectivity index (χ1v) is 6.18. The molecule has 0 bridgehead atoms. The number of aromatic nitrogens is 3. The number of anilines is 1. The van der Waals surface area contributed by atoms with E-state index in [1.165, 1.54) is 7.11 Å². The SMILES string of the molecule is CNc1nc(OC)nc(-c2cscc2Br)n1. The van der Waals surface area contributed by atoms with E-state index in [1.54, 1.807) is 18.4 Å². The van der Waals surface area contributed by atoms with Gasteiger partial charge in [0, 0.05) is 27.8 Å². The summed E-state index contributed by atoms with van der Waals surface area (Å²) in [6.07, 6.45) is 0. The molecule has 0 saturated carbocycles. The highest BCUT2D eigenvalue weighted by atomic mass is 79.9. The van der Waals surface area contributed by atoms with Crippen LogP contribution in [0.2, 0.25) is 0 Å². The predicted octanol–water partition coefficient (Wildman–Crippen LogP) is 2.41. The van der Waals surface area contributed by atoms with E-state index in [4.69, 9.17) is 4.74 Å². The van der Waals surface area contributed by atoms with E-state index in [0.717, 1.165) is 10.0 Å². The van der Waals surface area contributed by atoms with Gasteiger partial charge in [-0.1, -0.05) is 0 Å². The minimum Gasteiger partial charge on any atom is -0.467 e. The Hall–Kier alpha value is -1.21. The first-order chi connectivity index (χ1) is 7.74. The summed E-state index contributed by atoms with van der Waals surface area (Å²) in [5.41, 5.74) is 0.933. The lowest BCUT2D eigenvalue weighted by atomic mass is 10.3. The zero-order valence-electron chi connectivity index (χ0n) is 8.69. The third-order valence-corrected chi connectivity index (χ3v) is 3.58. The molecule has 0 aliphatic rings. The molecular weight excluding hydrogens is 292 g/mol. The molecule has 0 unspecified atom stereocenters. The number of hydrogen-bond donors (Lipinski definition) is 1. The summed E-state index contributed by atoms with van der Waals surface area (Å²) >= 11 is 5.02. The molecule has 0 aromatic carbocycles. The van der Waals surface area contributed by atoms with E-state index in [-0.39, 0.29) is 0 Å². The maximum Gasteiger partial charge on any atom is 0.321 e. The van der Waals surface area contributed by atoms with Crippen molar-refractivity contribution in [2.24, 2.45) is 0 Å². The highest BCUT2D eigenvalue weighted by Crippen LogP contribution is 2.30. The molecule has 0 spiro atoms. The standard InChI is InChI=1S/C9H9BrN4OS/c1-11-8-12-7(13-9(14-8)15-2)5-3-16-4-6(5)10/h3-4H,1-2H3,(H,11,12,13,14). The van der Waals surface area contributed by atoms with Crippen LogP contribution in [0.25, 0.3) is 11.4 Å². The van der Waals surface area contributed by atoms with E-state index in [1.807, 2.05) is 10.8 Å².